The van der Waals surface area contributed by atoms with Gasteiger partial charge in [-0.05, 0) is 35.9 Å². The van der Waals surface area contributed by atoms with Crippen LogP contribution in [0, 0.1) is 0 Å². The fourth-order valence-electron chi connectivity index (χ4n) is 2.46. The molecule has 0 unspecified atom stereocenters. The summed E-state index contributed by atoms with van der Waals surface area (Å²) < 4.78 is 31.9. The highest BCUT2D eigenvalue weighted by molar-refractivity contribution is 7.89. The molecule has 126 valence electrons. The summed E-state index contributed by atoms with van der Waals surface area (Å²) in [6.07, 6.45) is 0. The van der Waals surface area contributed by atoms with Crippen LogP contribution in [0.4, 0.5) is 0 Å². The van der Waals surface area contributed by atoms with Crippen molar-refractivity contribution in [2.24, 2.45) is 0 Å². The lowest BCUT2D eigenvalue weighted by Gasteiger charge is -2.17. The van der Waals surface area contributed by atoms with Crippen molar-refractivity contribution in [1.82, 2.24) is 14.3 Å². The molecule has 1 aromatic heterocycles. The van der Waals surface area contributed by atoms with Gasteiger partial charge in [0.1, 0.15) is 5.75 Å². The Kier molecular flexibility index (Phi) is 4.16. The largest absolute Gasteiger partial charge is 0.497 e. The van der Waals surface area contributed by atoms with Gasteiger partial charge in [-0.25, -0.2) is 13.2 Å². The molecule has 0 saturated heterocycles. The van der Waals surface area contributed by atoms with Gasteiger partial charge in [0.2, 0.25) is 10.0 Å². The average Bonchev–Trinajstić information content (AvgIpc) is 2.94. The van der Waals surface area contributed by atoms with Gasteiger partial charge in [0.05, 0.1) is 23.0 Å². The molecular weight excluding hydrogens is 330 g/mol. The van der Waals surface area contributed by atoms with E-state index in [2.05, 4.69) is 9.97 Å². The van der Waals surface area contributed by atoms with Gasteiger partial charge in [0, 0.05) is 13.6 Å². The highest BCUT2D eigenvalue weighted by atomic mass is 32.2. The second kappa shape index (κ2) is 6.14. The highest BCUT2D eigenvalue weighted by Crippen LogP contribution is 2.21. The Morgan fingerprint density at radius 3 is 2.58 bits per heavy atom. The number of imidazole rings is 1. The van der Waals surface area contributed by atoms with Crippen molar-refractivity contribution in [3.05, 3.63) is 58.5 Å². The first kappa shape index (κ1) is 16.3. The summed E-state index contributed by atoms with van der Waals surface area (Å²) >= 11 is 0. The molecule has 1 heterocycles. The van der Waals surface area contributed by atoms with Crippen molar-refractivity contribution in [2.45, 2.75) is 11.4 Å². The molecule has 24 heavy (non-hydrogen) atoms. The number of fused-ring (bicyclic) bond motifs is 1. The second-order valence-electron chi connectivity index (χ2n) is 5.40. The van der Waals surface area contributed by atoms with Crippen LogP contribution >= 0.6 is 0 Å². The molecule has 0 saturated carbocycles. The Morgan fingerprint density at radius 1 is 1.08 bits per heavy atom. The smallest absolute Gasteiger partial charge is 0.323 e. The van der Waals surface area contributed by atoms with E-state index in [4.69, 9.17) is 4.74 Å². The molecule has 2 N–H and O–H groups in total. The average molecular weight is 347 g/mol. The molecule has 0 radical (unpaired) electrons. The maximum Gasteiger partial charge on any atom is 0.323 e. The standard InChI is InChI=1S/C16H17N3O4S/c1-19(10-11-4-3-5-12(8-11)23-2)24(21,22)13-6-7-14-15(9-13)18-16(20)17-14/h3-9H,10H2,1-2H3,(H2,17,18,20). The summed E-state index contributed by atoms with van der Waals surface area (Å²) in [5.74, 6) is 0.671. The van der Waals surface area contributed by atoms with Crippen LogP contribution in [-0.4, -0.2) is 36.8 Å². The number of sulfonamides is 1. The van der Waals surface area contributed by atoms with E-state index in [9.17, 15) is 13.2 Å². The number of methoxy groups -OCH3 is 1. The van der Waals surface area contributed by atoms with Gasteiger partial charge in [-0.2, -0.15) is 4.31 Å². The van der Waals surface area contributed by atoms with Crippen LogP contribution in [0.3, 0.4) is 0 Å². The Morgan fingerprint density at radius 2 is 1.83 bits per heavy atom. The van der Waals surface area contributed by atoms with Crippen LogP contribution in [0.5, 0.6) is 5.75 Å². The van der Waals surface area contributed by atoms with E-state index < -0.39 is 10.0 Å². The number of hydrogen-bond donors (Lipinski definition) is 2. The lowest BCUT2D eigenvalue weighted by atomic mass is 10.2. The fourth-order valence-corrected chi connectivity index (χ4v) is 3.65. The SMILES string of the molecule is COc1cccc(CN(C)S(=O)(=O)c2ccc3[nH]c(=O)[nH]c3c2)c1. The third kappa shape index (κ3) is 3.06. The third-order valence-corrected chi connectivity index (χ3v) is 5.53. The van der Waals surface area contributed by atoms with Crippen LogP contribution in [0.2, 0.25) is 0 Å². The molecule has 2 aromatic carbocycles. The van der Waals surface area contributed by atoms with Crippen molar-refractivity contribution in [3.8, 4) is 5.75 Å². The lowest BCUT2D eigenvalue weighted by Crippen LogP contribution is -2.26. The first-order chi connectivity index (χ1) is 11.4. The predicted octanol–water partition coefficient (Wildman–Crippen LogP) is 1.69. The molecule has 0 aliphatic rings. The molecule has 3 rings (SSSR count). The Labute approximate surface area is 138 Å². The van der Waals surface area contributed by atoms with E-state index >= 15 is 0 Å². The zero-order valence-corrected chi connectivity index (χ0v) is 14.1. The summed E-state index contributed by atoms with van der Waals surface area (Å²) in [5, 5.41) is 0. The minimum Gasteiger partial charge on any atom is -0.497 e. The quantitative estimate of drug-likeness (QED) is 0.734. The first-order valence-corrected chi connectivity index (χ1v) is 8.65. The van der Waals surface area contributed by atoms with E-state index in [1.54, 1.807) is 25.3 Å². The maximum absolute atomic E-state index is 12.7. The summed E-state index contributed by atoms with van der Waals surface area (Å²) in [5.41, 5.74) is 1.46. The summed E-state index contributed by atoms with van der Waals surface area (Å²) in [6, 6.07) is 11.7. The summed E-state index contributed by atoms with van der Waals surface area (Å²) in [6.45, 7) is 0.210. The normalized spacial score (nSPS) is 12.0. The van der Waals surface area contributed by atoms with Gasteiger partial charge >= 0.3 is 5.69 Å². The molecule has 0 atom stereocenters. The second-order valence-corrected chi connectivity index (χ2v) is 7.44. The van der Waals surface area contributed by atoms with Gasteiger partial charge in [-0.15, -0.1) is 0 Å². The van der Waals surface area contributed by atoms with Crippen LogP contribution in [0.15, 0.2) is 52.2 Å². The number of H-pyrrole nitrogens is 2. The number of hydrogen-bond acceptors (Lipinski definition) is 4. The van der Waals surface area contributed by atoms with Crippen LogP contribution < -0.4 is 10.4 Å². The van der Waals surface area contributed by atoms with E-state index in [-0.39, 0.29) is 17.1 Å². The van der Waals surface area contributed by atoms with E-state index in [0.29, 0.717) is 16.8 Å². The monoisotopic (exact) mass is 347 g/mol. The van der Waals surface area contributed by atoms with Crippen molar-refractivity contribution in [2.75, 3.05) is 14.2 Å². The van der Waals surface area contributed by atoms with Crippen molar-refractivity contribution in [1.29, 1.82) is 0 Å². The van der Waals surface area contributed by atoms with E-state index in [0.717, 1.165) is 5.56 Å². The number of aromatic amines is 2. The maximum atomic E-state index is 12.7. The Balaban J connectivity index is 1.91. The Bertz CT molecular complexity index is 1040. The third-order valence-electron chi connectivity index (χ3n) is 3.73. The molecule has 8 heteroatoms. The topological polar surface area (TPSA) is 95.3 Å². The zero-order valence-electron chi connectivity index (χ0n) is 13.2. The molecule has 0 spiro atoms. The molecule has 0 aliphatic heterocycles. The van der Waals surface area contributed by atoms with E-state index in [1.807, 2.05) is 12.1 Å². The number of nitrogens with zero attached hydrogens (tertiary/aromatic N) is 1. The number of rotatable bonds is 5. The number of aromatic nitrogens is 2. The zero-order chi connectivity index (χ0) is 17.3. The van der Waals surface area contributed by atoms with Gasteiger partial charge in [0.15, 0.2) is 0 Å². The molecule has 0 bridgehead atoms. The molecular formula is C16H17N3O4S. The highest BCUT2D eigenvalue weighted by Gasteiger charge is 2.21. The lowest BCUT2D eigenvalue weighted by molar-refractivity contribution is 0.412. The van der Waals surface area contributed by atoms with Crippen molar-refractivity contribution < 1.29 is 13.2 Å². The molecule has 3 aromatic rings. The minimum absolute atomic E-state index is 0.121. The van der Waals surface area contributed by atoms with E-state index in [1.165, 1.54) is 23.5 Å². The Hall–Kier alpha value is -2.58. The molecule has 0 aliphatic carbocycles. The van der Waals surface area contributed by atoms with Gasteiger partial charge < -0.3 is 14.7 Å². The number of benzene rings is 2. The van der Waals surface area contributed by atoms with Gasteiger partial charge in [0.25, 0.3) is 0 Å². The molecule has 0 amide bonds. The van der Waals surface area contributed by atoms with Gasteiger partial charge in [-0.1, -0.05) is 12.1 Å². The fraction of sp³-hybridized carbons (Fsp3) is 0.188. The van der Waals surface area contributed by atoms with Crippen molar-refractivity contribution in [3.63, 3.8) is 0 Å². The van der Waals surface area contributed by atoms with Gasteiger partial charge in [-0.3, -0.25) is 0 Å². The molecule has 0 fully saturated rings. The van der Waals surface area contributed by atoms with Crippen LogP contribution in [0.25, 0.3) is 11.0 Å². The first-order valence-electron chi connectivity index (χ1n) is 7.21. The minimum atomic E-state index is -3.68. The summed E-state index contributed by atoms with van der Waals surface area (Å²) in [4.78, 5) is 16.6. The predicted molar refractivity (Wildman–Crippen MR) is 90.6 cm³/mol. The van der Waals surface area contributed by atoms with Crippen molar-refractivity contribution >= 4 is 21.1 Å². The van der Waals surface area contributed by atoms with Crippen LogP contribution in [-0.2, 0) is 16.6 Å². The summed E-state index contributed by atoms with van der Waals surface area (Å²) in [7, 11) is -0.608. The number of ether oxygens (including phenoxy) is 1. The number of nitrogens with one attached hydrogen (secondary N) is 2. The van der Waals surface area contributed by atoms with Crippen LogP contribution in [0.1, 0.15) is 5.56 Å². The molecule has 7 nitrogen and oxygen atoms in total.